The Balaban J connectivity index is 1.58. The van der Waals surface area contributed by atoms with E-state index in [4.69, 9.17) is 9.47 Å². The Morgan fingerprint density at radius 2 is 1.71 bits per heavy atom. The molecule has 4 aliphatic rings. The van der Waals surface area contributed by atoms with Gasteiger partial charge in [-0.3, -0.25) is 9.59 Å². The van der Waals surface area contributed by atoms with Crippen molar-refractivity contribution >= 4 is 11.9 Å². The summed E-state index contributed by atoms with van der Waals surface area (Å²) in [5, 5.41) is 12.0. The van der Waals surface area contributed by atoms with Gasteiger partial charge in [-0.2, -0.15) is 0 Å². The summed E-state index contributed by atoms with van der Waals surface area (Å²) in [5.41, 5.74) is -0.950. The van der Waals surface area contributed by atoms with E-state index in [-0.39, 0.29) is 40.7 Å². The zero-order chi connectivity index (χ0) is 20.3. The number of ether oxygens (including phenoxy) is 2. The first-order valence-electron chi connectivity index (χ1n) is 11.1. The Hall–Kier alpha value is -1.10. The first-order chi connectivity index (χ1) is 13.2. The molecule has 0 aromatic carbocycles. The molecule has 5 heteroatoms. The largest absolute Gasteiger partial charge is 0.469 e. The van der Waals surface area contributed by atoms with Gasteiger partial charge in [0.15, 0.2) is 0 Å². The van der Waals surface area contributed by atoms with Crippen LogP contribution in [0.15, 0.2) is 0 Å². The minimum atomic E-state index is -0.768. The lowest BCUT2D eigenvalue weighted by molar-refractivity contribution is -0.214. The minimum Gasteiger partial charge on any atom is -0.469 e. The average Bonchev–Trinajstić information content (AvgIpc) is 2.92. The van der Waals surface area contributed by atoms with Gasteiger partial charge in [0.2, 0.25) is 0 Å². The molecule has 0 aromatic rings. The molecule has 4 fully saturated rings. The Bertz CT molecular complexity index is 661. The van der Waals surface area contributed by atoms with E-state index in [2.05, 4.69) is 13.8 Å². The summed E-state index contributed by atoms with van der Waals surface area (Å²) in [5.74, 6) is 0.779. The Labute approximate surface area is 168 Å². The van der Waals surface area contributed by atoms with Gasteiger partial charge in [0.05, 0.1) is 18.6 Å². The third-order valence-corrected chi connectivity index (χ3v) is 9.62. The second-order valence-electron chi connectivity index (χ2n) is 10.5. The van der Waals surface area contributed by atoms with E-state index >= 15 is 0 Å². The van der Waals surface area contributed by atoms with Crippen molar-refractivity contribution in [2.24, 2.45) is 34.5 Å². The maximum Gasteiger partial charge on any atom is 0.309 e. The monoisotopic (exact) mass is 392 g/mol. The van der Waals surface area contributed by atoms with E-state index < -0.39 is 5.60 Å². The van der Waals surface area contributed by atoms with Crippen molar-refractivity contribution in [1.82, 2.24) is 0 Å². The van der Waals surface area contributed by atoms with Crippen LogP contribution in [0.4, 0.5) is 0 Å². The van der Waals surface area contributed by atoms with Crippen LogP contribution in [0.2, 0.25) is 0 Å². The van der Waals surface area contributed by atoms with Crippen molar-refractivity contribution in [2.45, 2.75) is 90.3 Å². The molecular weight excluding hydrogens is 356 g/mol. The fraction of sp³-hybridized carbons (Fsp3) is 0.913. The Morgan fingerprint density at radius 1 is 0.964 bits per heavy atom. The van der Waals surface area contributed by atoms with Crippen molar-refractivity contribution in [2.75, 3.05) is 7.11 Å². The quantitative estimate of drug-likeness (QED) is 0.722. The smallest absolute Gasteiger partial charge is 0.309 e. The summed E-state index contributed by atoms with van der Waals surface area (Å²) in [6.45, 7) is 6.04. The predicted octanol–water partition coefficient (Wildman–Crippen LogP) is 3.86. The molecule has 0 aliphatic heterocycles. The van der Waals surface area contributed by atoms with E-state index in [9.17, 15) is 14.7 Å². The minimum absolute atomic E-state index is 0.0549. The lowest BCUT2D eigenvalue weighted by Gasteiger charge is -2.63. The van der Waals surface area contributed by atoms with Crippen molar-refractivity contribution in [3.63, 3.8) is 0 Å². The molecule has 158 valence electrons. The molecule has 8 atom stereocenters. The van der Waals surface area contributed by atoms with Crippen LogP contribution in [0.1, 0.15) is 78.6 Å². The number of hydrogen-bond acceptors (Lipinski definition) is 5. The summed E-state index contributed by atoms with van der Waals surface area (Å²) < 4.78 is 10.6. The van der Waals surface area contributed by atoms with Gasteiger partial charge in [-0.1, -0.05) is 13.8 Å². The molecule has 0 spiro atoms. The SMILES string of the molecule is COC(=O)[C@H]1CC[C@]2(O)[C@@H]3CC[C@@H]4C[C@@H](OC(C)=O)CC[C@]4(C)[C@H]3CC[C@]12C. The van der Waals surface area contributed by atoms with Crippen LogP contribution < -0.4 is 0 Å². The summed E-state index contributed by atoms with van der Waals surface area (Å²) in [7, 11) is 1.46. The van der Waals surface area contributed by atoms with Crippen LogP contribution in [0.5, 0.6) is 0 Å². The highest BCUT2D eigenvalue weighted by atomic mass is 16.5. The van der Waals surface area contributed by atoms with Crippen LogP contribution in [0, 0.1) is 34.5 Å². The van der Waals surface area contributed by atoms with Gasteiger partial charge in [0, 0.05) is 12.3 Å². The van der Waals surface area contributed by atoms with Gasteiger partial charge in [-0.25, -0.2) is 0 Å². The van der Waals surface area contributed by atoms with Crippen LogP contribution in [0.3, 0.4) is 0 Å². The first-order valence-corrected chi connectivity index (χ1v) is 11.1. The van der Waals surface area contributed by atoms with Crippen molar-refractivity contribution in [3.05, 3.63) is 0 Å². The number of hydrogen-bond donors (Lipinski definition) is 1. The lowest BCUT2D eigenvalue weighted by atomic mass is 9.43. The van der Waals surface area contributed by atoms with E-state index in [1.807, 2.05) is 0 Å². The standard InChI is InChI=1S/C23H36O5/c1-14(24)28-16-7-10-21(2)15(13-16)5-6-18-17(21)8-11-22(3)19(20(25)27-4)9-12-23(18,22)26/h15-19,26H,5-13H2,1-4H3/t15-,16+,17+,18-,19-,21+,22-,23+/m1/s1. The highest BCUT2D eigenvalue weighted by molar-refractivity contribution is 5.74. The highest BCUT2D eigenvalue weighted by Crippen LogP contribution is 2.69. The van der Waals surface area contributed by atoms with Crippen molar-refractivity contribution in [1.29, 1.82) is 0 Å². The van der Waals surface area contributed by atoms with E-state index in [1.165, 1.54) is 14.0 Å². The van der Waals surface area contributed by atoms with E-state index in [0.717, 1.165) is 51.4 Å². The van der Waals surface area contributed by atoms with Crippen LogP contribution in [-0.2, 0) is 19.1 Å². The Kier molecular flexibility index (Phi) is 4.84. The van der Waals surface area contributed by atoms with Gasteiger partial charge in [-0.15, -0.1) is 0 Å². The maximum atomic E-state index is 12.4. The predicted molar refractivity (Wildman–Crippen MR) is 104 cm³/mol. The molecule has 5 nitrogen and oxygen atoms in total. The average molecular weight is 393 g/mol. The van der Waals surface area contributed by atoms with Gasteiger partial charge in [0.25, 0.3) is 0 Å². The summed E-state index contributed by atoms with van der Waals surface area (Å²) in [4.78, 5) is 23.8. The molecule has 28 heavy (non-hydrogen) atoms. The number of rotatable bonds is 2. The third-order valence-electron chi connectivity index (χ3n) is 9.62. The molecule has 4 rings (SSSR count). The summed E-state index contributed by atoms with van der Waals surface area (Å²) in [6.07, 6.45) is 8.49. The molecule has 4 saturated carbocycles. The molecule has 0 amide bonds. The first kappa shape index (κ1) is 20.2. The molecule has 0 saturated heterocycles. The molecule has 0 radical (unpaired) electrons. The van der Waals surface area contributed by atoms with E-state index in [0.29, 0.717) is 18.3 Å². The second-order valence-corrected chi connectivity index (χ2v) is 10.5. The van der Waals surface area contributed by atoms with Gasteiger partial charge >= 0.3 is 11.9 Å². The molecule has 0 aromatic heterocycles. The van der Waals surface area contributed by atoms with Crippen molar-refractivity contribution in [3.8, 4) is 0 Å². The topological polar surface area (TPSA) is 72.8 Å². The summed E-state index contributed by atoms with van der Waals surface area (Å²) >= 11 is 0. The number of fused-ring (bicyclic) bond motifs is 5. The van der Waals surface area contributed by atoms with Crippen LogP contribution in [0.25, 0.3) is 0 Å². The van der Waals surface area contributed by atoms with Gasteiger partial charge in [-0.05, 0) is 81.0 Å². The number of carbonyl (C=O) groups excluding carboxylic acids is 2. The zero-order valence-corrected chi connectivity index (χ0v) is 17.8. The molecular formula is C23H36O5. The Morgan fingerprint density at radius 3 is 2.39 bits per heavy atom. The van der Waals surface area contributed by atoms with Crippen molar-refractivity contribution < 1.29 is 24.2 Å². The number of aliphatic hydroxyl groups is 1. The number of carbonyl (C=O) groups is 2. The lowest BCUT2D eigenvalue weighted by Crippen LogP contribution is -2.62. The molecule has 0 unspecified atom stereocenters. The zero-order valence-electron chi connectivity index (χ0n) is 17.8. The number of methoxy groups -OCH3 is 1. The molecule has 4 aliphatic carbocycles. The second kappa shape index (κ2) is 6.72. The maximum absolute atomic E-state index is 12.4. The molecule has 1 N–H and O–H groups in total. The van der Waals surface area contributed by atoms with Crippen LogP contribution in [-0.4, -0.2) is 35.9 Å². The summed E-state index contributed by atoms with van der Waals surface area (Å²) in [6, 6.07) is 0. The molecule has 0 bridgehead atoms. The number of esters is 2. The highest BCUT2D eigenvalue weighted by Gasteiger charge is 2.68. The fourth-order valence-corrected chi connectivity index (χ4v) is 8.05. The van der Waals surface area contributed by atoms with Crippen LogP contribution >= 0.6 is 0 Å². The van der Waals surface area contributed by atoms with E-state index in [1.54, 1.807) is 0 Å². The molecule has 0 heterocycles. The fourth-order valence-electron chi connectivity index (χ4n) is 8.05. The van der Waals surface area contributed by atoms with Gasteiger partial charge < -0.3 is 14.6 Å². The normalized spacial score (nSPS) is 50.1. The van der Waals surface area contributed by atoms with Gasteiger partial charge in [0.1, 0.15) is 6.10 Å². The third kappa shape index (κ3) is 2.68.